The number of halogens is 3. The van der Waals surface area contributed by atoms with Crippen LogP contribution in [0.25, 0.3) is 0 Å². The van der Waals surface area contributed by atoms with Gasteiger partial charge in [0.1, 0.15) is 11.5 Å². The van der Waals surface area contributed by atoms with Crippen LogP contribution in [0.5, 0.6) is 11.5 Å². The van der Waals surface area contributed by atoms with Gasteiger partial charge in [-0.1, -0.05) is 29.3 Å². The molecule has 0 aliphatic heterocycles. The van der Waals surface area contributed by atoms with E-state index in [1.807, 2.05) is 0 Å². The maximum atomic E-state index is 9.02. The summed E-state index contributed by atoms with van der Waals surface area (Å²) >= 11 is 15.2. The Kier molecular flexibility index (Phi) is 4.51. The zero-order valence-corrected chi connectivity index (χ0v) is 12.3. The lowest BCUT2D eigenvalue weighted by atomic mass is 10.2. The first kappa shape index (κ1) is 13.7. The summed E-state index contributed by atoms with van der Waals surface area (Å²) in [6.45, 7) is -0.0133. The quantitative estimate of drug-likeness (QED) is 0.842. The van der Waals surface area contributed by atoms with E-state index in [2.05, 4.69) is 15.9 Å². The van der Waals surface area contributed by atoms with Crippen LogP contribution >= 0.6 is 39.1 Å². The lowest BCUT2D eigenvalue weighted by Gasteiger charge is -2.10. The molecule has 2 aromatic rings. The monoisotopic (exact) mass is 346 g/mol. The summed E-state index contributed by atoms with van der Waals surface area (Å²) in [5.41, 5.74) is 0.802. The van der Waals surface area contributed by atoms with Crippen LogP contribution < -0.4 is 4.74 Å². The molecule has 0 amide bonds. The van der Waals surface area contributed by atoms with Gasteiger partial charge in [-0.25, -0.2) is 0 Å². The Morgan fingerprint density at radius 1 is 1.06 bits per heavy atom. The summed E-state index contributed by atoms with van der Waals surface area (Å²) in [7, 11) is 0. The molecule has 2 rings (SSSR count). The molecule has 0 aliphatic rings. The van der Waals surface area contributed by atoms with Gasteiger partial charge in [0.2, 0.25) is 0 Å². The normalized spacial score (nSPS) is 10.4. The lowest BCUT2D eigenvalue weighted by molar-refractivity contribution is 0.281. The third-order valence-electron chi connectivity index (χ3n) is 2.29. The molecular weight excluding hydrogens is 339 g/mol. The van der Waals surface area contributed by atoms with E-state index in [1.54, 1.807) is 36.4 Å². The molecule has 18 heavy (non-hydrogen) atoms. The molecule has 0 unspecified atom stereocenters. The second-order valence-electron chi connectivity index (χ2n) is 3.60. The molecule has 2 aromatic carbocycles. The number of rotatable bonds is 3. The summed E-state index contributed by atoms with van der Waals surface area (Å²) in [5, 5.41) is 10.0. The maximum absolute atomic E-state index is 9.02. The Balaban J connectivity index is 2.28. The van der Waals surface area contributed by atoms with Gasteiger partial charge < -0.3 is 9.84 Å². The summed E-state index contributed by atoms with van der Waals surface area (Å²) < 4.78 is 6.43. The van der Waals surface area contributed by atoms with Crippen molar-refractivity contribution >= 4 is 39.1 Å². The molecule has 0 aliphatic carbocycles. The van der Waals surface area contributed by atoms with Gasteiger partial charge in [0.15, 0.2) is 0 Å². The van der Waals surface area contributed by atoms with Gasteiger partial charge in [-0.3, -0.25) is 0 Å². The van der Waals surface area contributed by atoms with Gasteiger partial charge in [-0.05, 0) is 51.8 Å². The minimum absolute atomic E-state index is 0.0133. The van der Waals surface area contributed by atoms with Crippen LogP contribution in [-0.4, -0.2) is 5.11 Å². The van der Waals surface area contributed by atoms with Gasteiger partial charge in [0, 0.05) is 5.02 Å². The van der Waals surface area contributed by atoms with Crippen LogP contribution in [0.3, 0.4) is 0 Å². The maximum Gasteiger partial charge on any atom is 0.146 e. The van der Waals surface area contributed by atoms with E-state index in [0.29, 0.717) is 21.5 Å². The summed E-state index contributed by atoms with van der Waals surface area (Å²) in [4.78, 5) is 0. The first-order valence-electron chi connectivity index (χ1n) is 5.12. The third kappa shape index (κ3) is 3.18. The van der Waals surface area contributed by atoms with E-state index < -0.39 is 0 Å². The molecule has 0 atom stereocenters. The zero-order valence-electron chi connectivity index (χ0n) is 9.16. The highest BCUT2D eigenvalue weighted by molar-refractivity contribution is 9.10. The number of hydrogen-bond donors (Lipinski definition) is 1. The Hall–Kier alpha value is -0.740. The molecule has 0 spiro atoms. The van der Waals surface area contributed by atoms with Crippen molar-refractivity contribution in [2.24, 2.45) is 0 Å². The highest BCUT2D eigenvalue weighted by atomic mass is 79.9. The molecule has 0 aromatic heterocycles. The summed E-state index contributed by atoms with van der Waals surface area (Å²) in [6, 6.07) is 10.4. The average molecular weight is 348 g/mol. The smallest absolute Gasteiger partial charge is 0.146 e. The van der Waals surface area contributed by atoms with Crippen molar-refractivity contribution in [1.29, 1.82) is 0 Å². The number of benzene rings is 2. The van der Waals surface area contributed by atoms with Gasteiger partial charge in [0.05, 0.1) is 16.1 Å². The van der Waals surface area contributed by atoms with Crippen molar-refractivity contribution < 1.29 is 9.84 Å². The molecule has 2 nitrogen and oxygen atoms in total. The van der Waals surface area contributed by atoms with Crippen LogP contribution in [0.4, 0.5) is 0 Å². The highest BCUT2D eigenvalue weighted by Gasteiger charge is 2.07. The molecule has 0 radical (unpaired) electrons. The van der Waals surface area contributed by atoms with E-state index in [9.17, 15) is 0 Å². The second-order valence-corrected chi connectivity index (χ2v) is 5.30. The van der Waals surface area contributed by atoms with Crippen LogP contribution in [0.15, 0.2) is 40.9 Å². The number of ether oxygens (including phenoxy) is 1. The lowest BCUT2D eigenvalue weighted by Crippen LogP contribution is -1.89. The Bertz CT molecular complexity index is 573. The molecule has 1 N–H and O–H groups in total. The van der Waals surface area contributed by atoms with E-state index in [1.165, 1.54) is 0 Å². The molecule has 5 heteroatoms. The fourth-order valence-electron chi connectivity index (χ4n) is 1.40. The van der Waals surface area contributed by atoms with Crippen molar-refractivity contribution in [2.45, 2.75) is 6.61 Å². The Morgan fingerprint density at radius 2 is 1.78 bits per heavy atom. The largest absolute Gasteiger partial charge is 0.455 e. The molecular formula is C13H9BrCl2O2. The van der Waals surface area contributed by atoms with Crippen molar-refractivity contribution in [1.82, 2.24) is 0 Å². The minimum Gasteiger partial charge on any atom is -0.455 e. The van der Waals surface area contributed by atoms with E-state index in [0.717, 1.165) is 10.0 Å². The Morgan fingerprint density at radius 3 is 2.39 bits per heavy atom. The summed E-state index contributed by atoms with van der Waals surface area (Å²) in [5.74, 6) is 1.15. The summed E-state index contributed by atoms with van der Waals surface area (Å²) in [6.07, 6.45) is 0. The van der Waals surface area contributed by atoms with Gasteiger partial charge in [0.25, 0.3) is 0 Å². The number of aliphatic hydroxyl groups is 1. The zero-order chi connectivity index (χ0) is 13.1. The highest BCUT2D eigenvalue weighted by Crippen LogP contribution is 2.35. The van der Waals surface area contributed by atoms with Crippen molar-refractivity contribution in [3.8, 4) is 11.5 Å². The van der Waals surface area contributed by atoms with Gasteiger partial charge in [-0.15, -0.1) is 0 Å². The molecule has 0 bridgehead atoms. The topological polar surface area (TPSA) is 29.5 Å². The van der Waals surface area contributed by atoms with Crippen LogP contribution in [0, 0.1) is 0 Å². The van der Waals surface area contributed by atoms with Crippen LogP contribution in [0.1, 0.15) is 5.56 Å². The van der Waals surface area contributed by atoms with Crippen LogP contribution in [0.2, 0.25) is 10.0 Å². The molecule has 0 saturated carbocycles. The standard InChI is InChI=1S/C13H9BrCl2O2/c14-10-5-8(7-17)1-3-12(10)18-13-4-2-9(15)6-11(13)16/h1-6,17H,7H2. The number of aliphatic hydroxyl groups excluding tert-OH is 1. The van der Waals surface area contributed by atoms with E-state index >= 15 is 0 Å². The van der Waals surface area contributed by atoms with E-state index in [-0.39, 0.29) is 6.61 Å². The van der Waals surface area contributed by atoms with Crippen molar-refractivity contribution in [2.75, 3.05) is 0 Å². The predicted molar refractivity (Wildman–Crippen MR) is 76.6 cm³/mol. The van der Waals surface area contributed by atoms with Gasteiger partial charge >= 0.3 is 0 Å². The molecule has 0 heterocycles. The molecule has 94 valence electrons. The number of hydrogen-bond acceptors (Lipinski definition) is 2. The second kappa shape index (κ2) is 5.93. The van der Waals surface area contributed by atoms with Crippen molar-refractivity contribution in [3.05, 3.63) is 56.5 Å². The van der Waals surface area contributed by atoms with Gasteiger partial charge in [-0.2, -0.15) is 0 Å². The van der Waals surface area contributed by atoms with Crippen LogP contribution in [-0.2, 0) is 6.61 Å². The first-order chi connectivity index (χ1) is 8.60. The average Bonchev–Trinajstić information content (AvgIpc) is 2.34. The first-order valence-corrected chi connectivity index (χ1v) is 6.67. The SMILES string of the molecule is OCc1ccc(Oc2ccc(Cl)cc2Cl)c(Br)c1. The molecule has 0 fully saturated rings. The van der Waals surface area contributed by atoms with Crippen molar-refractivity contribution in [3.63, 3.8) is 0 Å². The Labute approximate surface area is 123 Å². The fourth-order valence-corrected chi connectivity index (χ4v) is 2.36. The molecule has 0 saturated heterocycles. The third-order valence-corrected chi connectivity index (χ3v) is 3.44. The predicted octanol–water partition coefficient (Wildman–Crippen LogP) is 5.04. The van der Waals surface area contributed by atoms with E-state index in [4.69, 9.17) is 33.0 Å². The minimum atomic E-state index is -0.0133. The fraction of sp³-hybridized carbons (Fsp3) is 0.0769.